The third-order valence-corrected chi connectivity index (χ3v) is 4.82. The minimum absolute atomic E-state index is 0.0763. The van der Waals surface area contributed by atoms with E-state index in [1.807, 2.05) is 6.92 Å². The average molecular weight is 356 g/mol. The molecule has 0 saturated heterocycles. The summed E-state index contributed by atoms with van der Waals surface area (Å²) in [5.74, 6) is 0. The van der Waals surface area contributed by atoms with Crippen molar-refractivity contribution >= 4 is 31.6 Å². The van der Waals surface area contributed by atoms with Crippen LogP contribution in [0.25, 0.3) is 0 Å². The van der Waals surface area contributed by atoms with Gasteiger partial charge in [0.25, 0.3) is 0 Å². The first-order valence-electron chi connectivity index (χ1n) is 5.84. The van der Waals surface area contributed by atoms with E-state index < -0.39 is 10.0 Å². The molecule has 7 heteroatoms. The molecular weight excluding hydrogens is 342 g/mol. The van der Waals surface area contributed by atoms with Crippen molar-refractivity contribution in [3.63, 3.8) is 0 Å². The second-order valence-electron chi connectivity index (χ2n) is 4.31. The highest BCUT2D eigenvalue weighted by Gasteiger charge is 2.17. The lowest BCUT2D eigenvalue weighted by Crippen LogP contribution is -2.24. The van der Waals surface area contributed by atoms with Gasteiger partial charge in [0.2, 0.25) is 10.0 Å². The summed E-state index contributed by atoms with van der Waals surface area (Å²) in [7, 11) is -3.64. The fourth-order valence-corrected chi connectivity index (χ4v) is 3.21. The lowest BCUT2D eigenvalue weighted by atomic mass is 10.2. The zero-order chi connectivity index (χ0) is 14.8. The van der Waals surface area contributed by atoms with Crippen molar-refractivity contribution in [2.24, 2.45) is 0 Å². The molecule has 0 bridgehead atoms. The minimum atomic E-state index is -3.64. The van der Waals surface area contributed by atoms with Crippen LogP contribution in [0.4, 0.5) is 5.69 Å². The number of hydrogen-bond donors (Lipinski definition) is 2. The van der Waals surface area contributed by atoms with Gasteiger partial charge in [-0.25, -0.2) is 13.1 Å². The van der Waals surface area contributed by atoms with Crippen molar-refractivity contribution in [1.82, 2.24) is 9.71 Å². The molecule has 2 aromatic rings. The van der Waals surface area contributed by atoms with Gasteiger partial charge in [-0.3, -0.25) is 4.98 Å². The maximum atomic E-state index is 12.2. The maximum Gasteiger partial charge on any atom is 0.242 e. The predicted molar refractivity (Wildman–Crippen MR) is 81.6 cm³/mol. The number of aryl methyl sites for hydroxylation is 1. The van der Waals surface area contributed by atoms with Crippen LogP contribution in [0, 0.1) is 6.92 Å². The molecule has 0 spiro atoms. The molecule has 0 saturated carbocycles. The standard InChI is InChI=1S/C13H14BrN3O2S/c1-9-7-16-5-4-10(9)8-17-20(18,19)13-3-2-11(14)6-12(13)15/h2-7,17H,8,15H2,1H3. The molecule has 0 atom stereocenters. The largest absolute Gasteiger partial charge is 0.398 e. The van der Waals surface area contributed by atoms with Crippen LogP contribution < -0.4 is 10.5 Å². The predicted octanol–water partition coefficient (Wildman–Crippen LogP) is 2.21. The van der Waals surface area contributed by atoms with E-state index >= 15 is 0 Å². The summed E-state index contributed by atoms with van der Waals surface area (Å²) < 4.78 is 27.7. The number of sulfonamides is 1. The monoisotopic (exact) mass is 355 g/mol. The van der Waals surface area contributed by atoms with Crippen LogP contribution >= 0.6 is 15.9 Å². The van der Waals surface area contributed by atoms with E-state index in [4.69, 9.17) is 5.73 Å². The van der Waals surface area contributed by atoms with Gasteiger partial charge in [-0.1, -0.05) is 15.9 Å². The molecule has 0 amide bonds. The minimum Gasteiger partial charge on any atom is -0.398 e. The third kappa shape index (κ3) is 3.36. The Morgan fingerprint density at radius 3 is 2.75 bits per heavy atom. The smallest absolute Gasteiger partial charge is 0.242 e. The molecule has 2 rings (SSSR count). The summed E-state index contributed by atoms with van der Waals surface area (Å²) in [4.78, 5) is 4.05. The van der Waals surface area contributed by atoms with Crippen molar-refractivity contribution in [1.29, 1.82) is 0 Å². The number of anilines is 1. The number of nitrogens with one attached hydrogen (secondary N) is 1. The molecule has 0 fully saturated rings. The van der Waals surface area contributed by atoms with Gasteiger partial charge in [0.05, 0.1) is 5.69 Å². The third-order valence-electron chi connectivity index (χ3n) is 2.85. The molecule has 1 aromatic heterocycles. The Kier molecular flexibility index (Phi) is 4.42. The van der Waals surface area contributed by atoms with Gasteiger partial charge in [-0.2, -0.15) is 0 Å². The van der Waals surface area contributed by atoms with Gasteiger partial charge in [0, 0.05) is 23.4 Å². The molecule has 3 N–H and O–H groups in total. The quantitative estimate of drug-likeness (QED) is 0.823. The number of aromatic nitrogens is 1. The Morgan fingerprint density at radius 1 is 1.35 bits per heavy atom. The number of halogens is 1. The van der Waals surface area contributed by atoms with Crippen molar-refractivity contribution in [2.75, 3.05) is 5.73 Å². The second-order valence-corrected chi connectivity index (χ2v) is 6.96. The molecule has 0 radical (unpaired) electrons. The lowest BCUT2D eigenvalue weighted by molar-refractivity contribution is 0.581. The Hall–Kier alpha value is -1.44. The van der Waals surface area contributed by atoms with Crippen molar-refractivity contribution in [2.45, 2.75) is 18.4 Å². The van der Waals surface area contributed by atoms with Crippen molar-refractivity contribution in [3.05, 3.63) is 52.3 Å². The van der Waals surface area contributed by atoms with Gasteiger partial charge in [0.1, 0.15) is 4.90 Å². The number of nitrogens with two attached hydrogens (primary N) is 1. The Morgan fingerprint density at radius 2 is 2.10 bits per heavy atom. The van der Waals surface area contributed by atoms with Gasteiger partial charge >= 0.3 is 0 Å². The summed E-state index contributed by atoms with van der Waals surface area (Å²) >= 11 is 3.25. The first kappa shape index (κ1) is 15.0. The molecule has 1 heterocycles. The summed E-state index contributed by atoms with van der Waals surface area (Å²) in [5, 5.41) is 0. The molecule has 1 aromatic carbocycles. The molecular formula is C13H14BrN3O2S. The van der Waals surface area contributed by atoms with Crippen LogP contribution in [0.3, 0.4) is 0 Å². The summed E-state index contributed by atoms with van der Waals surface area (Å²) in [5.41, 5.74) is 7.76. The number of rotatable bonds is 4. The second kappa shape index (κ2) is 5.90. The van der Waals surface area contributed by atoms with Crippen LogP contribution in [0.5, 0.6) is 0 Å². The molecule has 5 nitrogen and oxygen atoms in total. The van der Waals surface area contributed by atoms with Crippen LogP contribution in [0.1, 0.15) is 11.1 Å². The topological polar surface area (TPSA) is 85.1 Å². The zero-order valence-electron chi connectivity index (χ0n) is 10.8. The normalized spacial score (nSPS) is 11.5. The molecule has 0 aliphatic heterocycles. The van der Waals surface area contributed by atoms with Crippen LogP contribution in [0.15, 0.2) is 46.0 Å². The Bertz CT molecular complexity index is 732. The molecule has 106 valence electrons. The SMILES string of the molecule is Cc1cnccc1CNS(=O)(=O)c1ccc(Br)cc1N. The highest BCUT2D eigenvalue weighted by molar-refractivity contribution is 9.10. The van der Waals surface area contributed by atoms with E-state index in [0.717, 1.165) is 15.6 Å². The van der Waals surface area contributed by atoms with Crippen molar-refractivity contribution in [3.8, 4) is 0 Å². The lowest BCUT2D eigenvalue weighted by Gasteiger charge is -2.10. The highest BCUT2D eigenvalue weighted by atomic mass is 79.9. The van der Waals surface area contributed by atoms with Crippen molar-refractivity contribution < 1.29 is 8.42 Å². The van der Waals surface area contributed by atoms with Gasteiger partial charge in [-0.05, 0) is 42.3 Å². The van der Waals surface area contributed by atoms with E-state index in [1.54, 1.807) is 30.6 Å². The van der Waals surface area contributed by atoms with Gasteiger partial charge in [-0.15, -0.1) is 0 Å². The molecule has 0 unspecified atom stereocenters. The maximum absolute atomic E-state index is 12.2. The Balaban J connectivity index is 2.22. The zero-order valence-corrected chi connectivity index (χ0v) is 13.2. The molecule has 20 heavy (non-hydrogen) atoms. The van der Waals surface area contributed by atoms with E-state index in [1.165, 1.54) is 6.07 Å². The number of pyridine rings is 1. The van der Waals surface area contributed by atoms with Crippen LogP contribution in [-0.4, -0.2) is 13.4 Å². The number of hydrogen-bond acceptors (Lipinski definition) is 4. The fraction of sp³-hybridized carbons (Fsp3) is 0.154. The van der Waals surface area contributed by atoms with E-state index in [-0.39, 0.29) is 17.1 Å². The van der Waals surface area contributed by atoms with Crippen LogP contribution in [-0.2, 0) is 16.6 Å². The number of nitrogen functional groups attached to an aromatic ring is 1. The average Bonchev–Trinajstić information content (AvgIpc) is 2.37. The summed E-state index contributed by atoms with van der Waals surface area (Å²) in [6.45, 7) is 2.08. The Labute approximate surface area is 126 Å². The number of benzene rings is 1. The fourth-order valence-electron chi connectivity index (χ4n) is 1.72. The van der Waals surface area contributed by atoms with E-state index in [2.05, 4.69) is 25.6 Å². The van der Waals surface area contributed by atoms with E-state index in [0.29, 0.717) is 0 Å². The highest BCUT2D eigenvalue weighted by Crippen LogP contribution is 2.22. The number of nitrogens with zero attached hydrogens (tertiary/aromatic N) is 1. The summed E-state index contributed by atoms with van der Waals surface area (Å²) in [6, 6.07) is 6.46. The van der Waals surface area contributed by atoms with E-state index in [9.17, 15) is 8.42 Å². The van der Waals surface area contributed by atoms with Crippen LogP contribution in [0.2, 0.25) is 0 Å². The van der Waals surface area contributed by atoms with Gasteiger partial charge in [0.15, 0.2) is 0 Å². The molecule has 0 aliphatic carbocycles. The first-order valence-corrected chi connectivity index (χ1v) is 8.12. The molecule has 0 aliphatic rings. The first-order chi connectivity index (χ1) is 9.40. The van der Waals surface area contributed by atoms with Gasteiger partial charge < -0.3 is 5.73 Å². The summed E-state index contributed by atoms with van der Waals surface area (Å²) in [6.07, 6.45) is 3.32.